The van der Waals surface area contributed by atoms with E-state index in [4.69, 9.17) is 4.42 Å². The van der Waals surface area contributed by atoms with Crippen LogP contribution in [0.3, 0.4) is 0 Å². The van der Waals surface area contributed by atoms with Gasteiger partial charge in [0.2, 0.25) is 17.7 Å². The summed E-state index contributed by atoms with van der Waals surface area (Å²) in [6.07, 6.45) is 0.365. The largest absolute Gasteiger partial charge is 0.421 e. The molecule has 3 aromatic carbocycles. The Labute approximate surface area is 204 Å². The van der Waals surface area contributed by atoms with E-state index in [1.807, 2.05) is 44.2 Å². The summed E-state index contributed by atoms with van der Waals surface area (Å²) in [5.41, 5.74) is 4.31. The lowest BCUT2D eigenvalue weighted by molar-refractivity contribution is -0.116. The standard InChI is InChI=1S/C26H26N4O4S/c1-17-7-10-20(11-8-17)26-29-28-25(34-26)14-13-24(31)27-21-12-9-19(3)23(16-21)35(32,33)30-22-6-4-5-18(2)15-22/h4-12,15-16,30H,13-14H2,1-3H3,(H,27,31). The Morgan fingerprint density at radius 2 is 1.66 bits per heavy atom. The number of benzene rings is 3. The van der Waals surface area contributed by atoms with Crippen molar-refractivity contribution in [2.45, 2.75) is 38.5 Å². The Balaban J connectivity index is 1.40. The number of nitrogens with zero attached hydrogens (tertiary/aromatic N) is 2. The van der Waals surface area contributed by atoms with Crippen LogP contribution < -0.4 is 10.0 Å². The van der Waals surface area contributed by atoms with Gasteiger partial charge in [0.15, 0.2) is 0 Å². The SMILES string of the molecule is Cc1ccc(-c2nnc(CCC(=O)Nc3ccc(C)c(S(=O)(=O)Nc4cccc(C)c4)c3)o2)cc1. The highest BCUT2D eigenvalue weighted by atomic mass is 32.2. The van der Waals surface area contributed by atoms with Crippen molar-refractivity contribution in [2.24, 2.45) is 0 Å². The molecule has 9 heteroatoms. The van der Waals surface area contributed by atoms with E-state index in [9.17, 15) is 13.2 Å². The highest BCUT2D eigenvalue weighted by Crippen LogP contribution is 2.24. The normalized spacial score (nSPS) is 11.3. The highest BCUT2D eigenvalue weighted by molar-refractivity contribution is 7.92. The average molecular weight is 491 g/mol. The number of sulfonamides is 1. The maximum absolute atomic E-state index is 13.0. The molecule has 0 spiro atoms. The van der Waals surface area contributed by atoms with Gasteiger partial charge in [0.1, 0.15) is 0 Å². The summed E-state index contributed by atoms with van der Waals surface area (Å²) >= 11 is 0. The van der Waals surface area contributed by atoms with Gasteiger partial charge < -0.3 is 9.73 Å². The molecule has 4 aromatic rings. The van der Waals surface area contributed by atoms with Gasteiger partial charge >= 0.3 is 0 Å². The van der Waals surface area contributed by atoms with Crippen LogP contribution in [0, 0.1) is 20.8 Å². The number of nitrogens with one attached hydrogen (secondary N) is 2. The predicted molar refractivity (Wildman–Crippen MR) is 135 cm³/mol. The summed E-state index contributed by atoms with van der Waals surface area (Å²) in [6.45, 7) is 5.59. The van der Waals surface area contributed by atoms with E-state index in [2.05, 4.69) is 20.2 Å². The minimum Gasteiger partial charge on any atom is -0.421 e. The molecule has 1 heterocycles. The van der Waals surface area contributed by atoms with E-state index in [1.165, 1.54) is 6.07 Å². The number of rotatable bonds is 8. The maximum atomic E-state index is 13.0. The number of aryl methyl sites for hydroxylation is 4. The monoisotopic (exact) mass is 490 g/mol. The van der Waals surface area contributed by atoms with Crippen molar-refractivity contribution in [1.82, 2.24) is 10.2 Å². The van der Waals surface area contributed by atoms with Crippen LogP contribution >= 0.6 is 0 Å². The van der Waals surface area contributed by atoms with E-state index in [0.717, 1.165) is 16.7 Å². The van der Waals surface area contributed by atoms with Crippen LogP contribution in [-0.4, -0.2) is 24.5 Å². The van der Waals surface area contributed by atoms with Crippen molar-refractivity contribution in [2.75, 3.05) is 10.0 Å². The van der Waals surface area contributed by atoms with Crippen LogP contribution in [-0.2, 0) is 21.2 Å². The summed E-state index contributed by atoms with van der Waals surface area (Å²) in [5, 5.41) is 10.8. The summed E-state index contributed by atoms with van der Waals surface area (Å²) < 4.78 is 34.2. The maximum Gasteiger partial charge on any atom is 0.262 e. The average Bonchev–Trinajstić information content (AvgIpc) is 3.28. The van der Waals surface area contributed by atoms with Crippen LogP contribution in [0.25, 0.3) is 11.5 Å². The fourth-order valence-electron chi connectivity index (χ4n) is 3.50. The molecule has 8 nitrogen and oxygen atoms in total. The third kappa shape index (κ3) is 6.13. The predicted octanol–water partition coefficient (Wildman–Crippen LogP) is 5.03. The smallest absolute Gasteiger partial charge is 0.262 e. The van der Waals surface area contributed by atoms with E-state index < -0.39 is 10.0 Å². The first-order valence-electron chi connectivity index (χ1n) is 11.1. The molecule has 0 aliphatic carbocycles. The van der Waals surface area contributed by atoms with E-state index >= 15 is 0 Å². The summed E-state index contributed by atoms with van der Waals surface area (Å²) in [6, 6.07) is 19.6. The van der Waals surface area contributed by atoms with Gasteiger partial charge in [-0.15, -0.1) is 10.2 Å². The Kier molecular flexibility index (Phi) is 6.97. The number of carbonyl (C=O) groups excluding carboxylic acids is 1. The van der Waals surface area contributed by atoms with Gasteiger partial charge in [-0.3, -0.25) is 9.52 Å². The first-order chi connectivity index (χ1) is 16.7. The van der Waals surface area contributed by atoms with Gasteiger partial charge in [-0.25, -0.2) is 8.42 Å². The van der Waals surface area contributed by atoms with Crippen LogP contribution in [0.5, 0.6) is 0 Å². The van der Waals surface area contributed by atoms with Gasteiger partial charge in [-0.05, 0) is 68.3 Å². The lowest BCUT2D eigenvalue weighted by atomic mass is 10.1. The minimum absolute atomic E-state index is 0.0939. The van der Waals surface area contributed by atoms with Gasteiger partial charge in [-0.2, -0.15) is 0 Å². The first kappa shape index (κ1) is 24.2. The number of anilines is 2. The third-order valence-electron chi connectivity index (χ3n) is 5.36. The minimum atomic E-state index is -3.84. The molecule has 0 bridgehead atoms. The van der Waals surface area contributed by atoms with Gasteiger partial charge in [0, 0.05) is 29.8 Å². The van der Waals surface area contributed by atoms with E-state index in [-0.39, 0.29) is 23.6 Å². The van der Waals surface area contributed by atoms with E-state index in [1.54, 1.807) is 37.3 Å². The van der Waals surface area contributed by atoms with Gasteiger partial charge in [0.25, 0.3) is 10.0 Å². The molecule has 0 saturated heterocycles. The molecule has 180 valence electrons. The molecule has 0 radical (unpaired) electrons. The molecule has 1 aromatic heterocycles. The number of amides is 1. The molecule has 2 N–H and O–H groups in total. The second-order valence-electron chi connectivity index (χ2n) is 8.37. The van der Waals surface area contributed by atoms with Crippen LogP contribution in [0.4, 0.5) is 11.4 Å². The molecule has 0 atom stereocenters. The highest BCUT2D eigenvalue weighted by Gasteiger charge is 2.19. The molecule has 0 unspecified atom stereocenters. The van der Waals surface area contributed by atoms with Crippen molar-refractivity contribution in [1.29, 1.82) is 0 Å². The first-order valence-corrected chi connectivity index (χ1v) is 12.6. The summed E-state index contributed by atoms with van der Waals surface area (Å²) in [5.74, 6) is 0.457. The molecular weight excluding hydrogens is 464 g/mol. The topological polar surface area (TPSA) is 114 Å². The van der Waals surface area contributed by atoms with Crippen LogP contribution in [0.1, 0.15) is 29.0 Å². The van der Waals surface area contributed by atoms with Crippen molar-refractivity contribution in [3.05, 3.63) is 89.3 Å². The third-order valence-corrected chi connectivity index (χ3v) is 6.89. The lowest BCUT2D eigenvalue weighted by Gasteiger charge is -2.13. The molecule has 0 aliphatic heterocycles. The Hall–Kier alpha value is -3.98. The number of carbonyl (C=O) groups is 1. The van der Waals surface area contributed by atoms with Gasteiger partial charge in [-0.1, -0.05) is 35.9 Å². The molecule has 0 fully saturated rings. The zero-order valence-electron chi connectivity index (χ0n) is 19.7. The molecule has 1 amide bonds. The van der Waals surface area contributed by atoms with Crippen LogP contribution in [0.2, 0.25) is 0 Å². The molecule has 0 aliphatic rings. The number of aromatic nitrogens is 2. The van der Waals surface area contributed by atoms with E-state index in [0.29, 0.717) is 28.7 Å². The molecule has 0 saturated carbocycles. The Bertz CT molecular complexity index is 1460. The molecule has 35 heavy (non-hydrogen) atoms. The number of hydrogen-bond acceptors (Lipinski definition) is 6. The van der Waals surface area contributed by atoms with Gasteiger partial charge in [0.05, 0.1) is 4.90 Å². The summed E-state index contributed by atoms with van der Waals surface area (Å²) in [7, 11) is -3.84. The quantitative estimate of drug-likeness (QED) is 0.358. The van der Waals surface area contributed by atoms with Crippen molar-refractivity contribution in [3.8, 4) is 11.5 Å². The Morgan fingerprint density at radius 1 is 0.886 bits per heavy atom. The molecule has 4 rings (SSSR count). The van der Waals surface area contributed by atoms with Crippen molar-refractivity contribution < 1.29 is 17.6 Å². The zero-order chi connectivity index (χ0) is 25.0. The molecular formula is C26H26N4O4S. The fraction of sp³-hybridized carbons (Fsp3) is 0.192. The van der Waals surface area contributed by atoms with Crippen molar-refractivity contribution >= 4 is 27.3 Å². The number of hydrogen-bond donors (Lipinski definition) is 2. The Morgan fingerprint density at radius 3 is 2.40 bits per heavy atom. The van der Waals surface area contributed by atoms with Crippen LogP contribution in [0.15, 0.2) is 76.0 Å². The summed E-state index contributed by atoms with van der Waals surface area (Å²) in [4.78, 5) is 12.6. The van der Waals surface area contributed by atoms with Crippen molar-refractivity contribution in [3.63, 3.8) is 0 Å². The second-order valence-corrected chi connectivity index (χ2v) is 10.0. The second kappa shape index (κ2) is 10.1. The zero-order valence-corrected chi connectivity index (χ0v) is 20.5. The fourth-order valence-corrected chi connectivity index (χ4v) is 4.82. The lowest BCUT2D eigenvalue weighted by Crippen LogP contribution is -2.16.